The molecule has 1 amide bonds. The highest BCUT2D eigenvalue weighted by Crippen LogP contribution is 1.91. The number of carbonyl (C=O) groups excluding carboxylic acids is 1. The summed E-state index contributed by atoms with van der Waals surface area (Å²) in [4.78, 5) is 10.8. The fourth-order valence-corrected chi connectivity index (χ4v) is 0.558. The third kappa shape index (κ3) is 5.82. The molecule has 2 N–H and O–H groups in total. The minimum atomic E-state index is -0.106. The van der Waals surface area contributed by atoms with Gasteiger partial charge in [0.1, 0.15) is 0 Å². The molecule has 0 spiro atoms. The molecule has 0 aromatic carbocycles. The second-order valence-electron chi connectivity index (χ2n) is 2.67. The summed E-state index contributed by atoms with van der Waals surface area (Å²) in [5.41, 5.74) is 0. The van der Waals surface area contributed by atoms with Gasteiger partial charge in [-0.3, -0.25) is 9.80 Å². The number of amides is 1. The minimum Gasteiger partial charge on any atom is -0.378 e. The molecule has 0 aliphatic heterocycles. The first-order valence-electron chi connectivity index (χ1n) is 3.67. The van der Waals surface area contributed by atoms with Crippen LogP contribution in [0, 0.1) is 0 Å². The molecule has 0 radical (unpaired) electrons. The van der Waals surface area contributed by atoms with E-state index in [2.05, 4.69) is 0 Å². The van der Waals surface area contributed by atoms with Crippen LogP contribution in [0.2, 0.25) is 0 Å². The van der Waals surface area contributed by atoms with Gasteiger partial charge >= 0.3 is 0 Å². The SMILES string of the molecule is CC(C)OCCC(=O)N(C)N. The predicted molar refractivity (Wildman–Crippen MR) is 42.7 cm³/mol. The third-order valence-corrected chi connectivity index (χ3v) is 1.16. The van der Waals surface area contributed by atoms with Gasteiger partial charge in [-0.2, -0.15) is 0 Å². The highest BCUT2D eigenvalue weighted by atomic mass is 16.5. The predicted octanol–water partition coefficient (Wildman–Crippen LogP) is 0.134. The molecule has 0 aliphatic carbocycles. The standard InChI is InChI=1S/C7H16N2O2/c1-6(2)11-5-4-7(10)9(3)8/h6H,4-5,8H2,1-3H3. The molecule has 4 nitrogen and oxygen atoms in total. The summed E-state index contributed by atoms with van der Waals surface area (Å²) in [5, 5.41) is 1.07. The summed E-state index contributed by atoms with van der Waals surface area (Å²) < 4.78 is 5.16. The molecule has 0 aromatic heterocycles. The maximum atomic E-state index is 10.8. The van der Waals surface area contributed by atoms with E-state index in [1.165, 1.54) is 7.05 Å². The van der Waals surface area contributed by atoms with Crippen LogP contribution in [-0.4, -0.2) is 30.7 Å². The van der Waals surface area contributed by atoms with Crippen molar-refractivity contribution in [3.8, 4) is 0 Å². The van der Waals surface area contributed by atoms with Gasteiger partial charge in [-0.15, -0.1) is 0 Å². The van der Waals surface area contributed by atoms with Crippen LogP contribution in [0.4, 0.5) is 0 Å². The summed E-state index contributed by atoms with van der Waals surface area (Å²) in [6.45, 7) is 4.30. The van der Waals surface area contributed by atoms with E-state index in [1.54, 1.807) is 0 Å². The molecule has 0 aromatic rings. The number of nitrogens with zero attached hydrogens (tertiary/aromatic N) is 1. The quantitative estimate of drug-likeness (QED) is 0.361. The van der Waals surface area contributed by atoms with Crippen molar-refractivity contribution >= 4 is 5.91 Å². The van der Waals surface area contributed by atoms with E-state index in [4.69, 9.17) is 10.6 Å². The lowest BCUT2D eigenvalue weighted by atomic mass is 10.4. The average molecular weight is 160 g/mol. The van der Waals surface area contributed by atoms with Crippen molar-refractivity contribution in [3.63, 3.8) is 0 Å². The number of carbonyl (C=O) groups is 1. The first-order valence-corrected chi connectivity index (χ1v) is 3.67. The highest BCUT2D eigenvalue weighted by Gasteiger charge is 2.03. The van der Waals surface area contributed by atoms with Gasteiger partial charge in [0, 0.05) is 7.05 Å². The van der Waals surface area contributed by atoms with E-state index in [-0.39, 0.29) is 12.0 Å². The van der Waals surface area contributed by atoms with Crippen molar-refractivity contribution < 1.29 is 9.53 Å². The fraction of sp³-hybridized carbons (Fsp3) is 0.857. The van der Waals surface area contributed by atoms with Crippen LogP contribution < -0.4 is 5.84 Å². The van der Waals surface area contributed by atoms with Crippen LogP contribution in [-0.2, 0) is 9.53 Å². The lowest BCUT2D eigenvalue weighted by Crippen LogP contribution is -2.33. The first kappa shape index (κ1) is 10.4. The van der Waals surface area contributed by atoms with Crippen LogP contribution in [0.5, 0.6) is 0 Å². The maximum Gasteiger partial charge on any atom is 0.238 e. The van der Waals surface area contributed by atoms with Gasteiger partial charge in [-0.25, -0.2) is 5.84 Å². The summed E-state index contributed by atoms with van der Waals surface area (Å²) in [6, 6.07) is 0. The zero-order valence-electron chi connectivity index (χ0n) is 7.33. The number of hydrogen-bond donors (Lipinski definition) is 1. The van der Waals surface area contributed by atoms with Crippen molar-refractivity contribution in [1.82, 2.24) is 5.01 Å². The second-order valence-corrected chi connectivity index (χ2v) is 2.67. The summed E-state index contributed by atoms with van der Waals surface area (Å²) >= 11 is 0. The van der Waals surface area contributed by atoms with Crippen LogP contribution >= 0.6 is 0 Å². The number of hydrazine groups is 1. The molecule has 11 heavy (non-hydrogen) atoms. The lowest BCUT2D eigenvalue weighted by Gasteiger charge is -2.10. The first-order chi connectivity index (χ1) is 5.04. The highest BCUT2D eigenvalue weighted by molar-refractivity contribution is 5.75. The van der Waals surface area contributed by atoms with Gasteiger partial charge in [0.25, 0.3) is 0 Å². The van der Waals surface area contributed by atoms with Gasteiger partial charge in [0.2, 0.25) is 5.91 Å². The molecule has 4 heteroatoms. The molecule has 0 unspecified atom stereocenters. The summed E-state index contributed by atoms with van der Waals surface area (Å²) in [6.07, 6.45) is 0.524. The molecule has 0 heterocycles. The van der Waals surface area contributed by atoms with Crippen molar-refractivity contribution in [2.45, 2.75) is 26.4 Å². The fourth-order valence-electron chi connectivity index (χ4n) is 0.558. The molecule has 0 saturated heterocycles. The molecular weight excluding hydrogens is 144 g/mol. The zero-order chi connectivity index (χ0) is 8.85. The van der Waals surface area contributed by atoms with E-state index < -0.39 is 0 Å². The van der Waals surface area contributed by atoms with Gasteiger partial charge < -0.3 is 4.74 Å². The Kier molecular flexibility index (Phi) is 4.81. The molecular formula is C7H16N2O2. The lowest BCUT2D eigenvalue weighted by molar-refractivity contribution is -0.131. The second kappa shape index (κ2) is 5.09. The Morgan fingerprint density at radius 2 is 2.18 bits per heavy atom. The van der Waals surface area contributed by atoms with Crippen molar-refractivity contribution in [1.29, 1.82) is 0 Å². The Hall–Kier alpha value is -0.610. The van der Waals surface area contributed by atoms with Gasteiger partial charge in [-0.1, -0.05) is 0 Å². The van der Waals surface area contributed by atoms with E-state index in [9.17, 15) is 4.79 Å². The van der Waals surface area contributed by atoms with Crippen LogP contribution in [0.15, 0.2) is 0 Å². The average Bonchev–Trinajstić information content (AvgIpc) is 1.86. The van der Waals surface area contributed by atoms with E-state index in [0.29, 0.717) is 13.0 Å². The number of rotatable bonds is 4. The molecule has 0 fully saturated rings. The molecule has 0 bridgehead atoms. The van der Waals surface area contributed by atoms with Crippen LogP contribution in [0.25, 0.3) is 0 Å². The van der Waals surface area contributed by atoms with Gasteiger partial charge in [-0.05, 0) is 13.8 Å². The maximum absolute atomic E-state index is 10.8. The zero-order valence-corrected chi connectivity index (χ0v) is 7.33. The Labute approximate surface area is 67.3 Å². The Bertz CT molecular complexity index is 124. The smallest absolute Gasteiger partial charge is 0.238 e. The van der Waals surface area contributed by atoms with Gasteiger partial charge in [0.15, 0.2) is 0 Å². The van der Waals surface area contributed by atoms with Gasteiger partial charge in [0.05, 0.1) is 19.1 Å². The van der Waals surface area contributed by atoms with Crippen molar-refractivity contribution in [3.05, 3.63) is 0 Å². The molecule has 66 valence electrons. The monoisotopic (exact) mass is 160 g/mol. The van der Waals surface area contributed by atoms with Crippen molar-refractivity contribution in [2.24, 2.45) is 5.84 Å². The summed E-state index contributed by atoms with van der Waals surface area (Å²) in [7, 11) is 1.53. The molecule has 0 aliphatic rings. The van der Waals surface area contributed by atoms with Crippen molar-refractivity contribution in [2.75, 3.05) is 13.7 Å². The molecule has 0 rings (SSSR count). The van der Waals surface area contributed by atoms with E-state index in [1.807, 2.05) is 13.8 Å². The normalized spacial score (nSPS) is 10.3. The van der Waals surface area contributed by atoms with Crippen LogP contribution in [0.1, 0.15) is 20.3 Å². The topological polar surface area (TPSA) is 55.6 Å². The minimum absolute atomic E-state index is 0.106. The Morgan fingerprint density at radius 1 is 1.64 bits per heavy atom. The van der Waals surface area contributed by atoms with Crippen LogP contribution in [0.3, 0.4) is 0 Å². The van der Waals surface area contributed by atoms with E-state index in [0.717, 1.165) is 5.01 Å². The summed E-state index contributed by atoms with van der Waals surface area (Å²) in [5.74, 6) is 5.08. The number of hydrogen-bond acceptors (Lipinski definition) is 3. The largest absolute Gasteiger partial charge is 0.378 e. The Balaban J connectivity index is 3.32. The molecule has 0 saturated carbocycles. The number of ether oxygens (including phenoxy) is 1. The van der Waals surface area contributed by atoms with E-state index >= 15 is 0 Å². The third-order valence-electron chi connectivity index (χ3n) is 1.16. The number of nitrogens with two attached hydrogens (primary N) is 1. The Morgan fingerprint density at radius 3 is 2.55 bits per heavy atom. The molecule has 0 atom stereocenters.